The number of piperazine rings is 1. The molecule has 1 saturated heterocycles. The summed E-state index contributed by atoms with van der Waals surface area (Å²) in [5.41, 5.74) is 2.49. The van der Waals surface area contributed by atoms with Crippen LogP contribution in [0.3, 0.4) is 0 Å². The predicted molar refractivity (Wildman–Crippen MR) is 121 cm³/mol. The summed E-state index contributed by atoms with van der Waals surface area (Å²) in [6, 6.07) is 12.0. The number of amides is 2. The van der Waals surface area contributed by atoms with Gasteiger partial charge in [-0.15, -0.1) is 0 Å². The average Bonchev–Trinajstić information content (AvgIpc) is 3.25. The number of hydrogen-bond donors (Lipinski definition) is 1. The fourth-order valence-electron chi connectivity index (χ4n) is 3.94. The van der Waals surface area contributed by atoms with Gasteiger partial charge in [0.1, 0.15) is 5.82 Å². The van der Waals surface area contributed by atoms with Crippen molar-refractivity contribution >= 4 is 29.0 Å². The zero-order chi connectivity index (χ0) is 22.1. The Labute approximate surface area is 190 Å². The second-order valence-electron chi connectivity index (χ2n) is 8.16. The topological polar surface area (TPSA) is 74.5 Å². The van der Waals surface area contributed by atoms with Gasteiger partial charge in [-0.25, -0.2) is 9.18 Å². The van der Waals surface area contributed by atoms with E-state index in [1.165, 1.54) is 24.6 Å². The normalized spacial score (nSPS) is 16.7. The summed E-state index contributed by atoms with van der Waals surface area (Å²) in [4.78, 5) is 21.0. The molecule has 0 bridgehead atoms. The molecular formula is C23H23ClFN5O2. The van der Waals surface area contributed by atoms with Crippen LogP contribution < -0.4 is 10.2 Å². The molecule has 2 amide bonds. The number of anilines is 2. The van der Waals surface area contributed by atoms with Crippen LogP contribution in [0.2, 0.25) is 5.02 Å². The van der Waals surface area contributed by atoms with E-state index in [1.807, 2.05) is 24.3 Å². The molecule has 7 nitrogen and oxygen atoms in total. The van der Waals surface area contributed by atoms with Crippen LogP contribution in [0.1, 0.15) is 31.1 Å². The quantitative estimate of drug-likeness (QED) is 0.588. The van der Waals surface area contributed by atoms with Crippen molar-refractivity contribution < 1.29 is 13.7 Å². The molecule has 1 N–H and O–H groups in total. The number of carbonyl (C=O) groups is 1. The molecule has 2 aliphatic rings. The van der Waals surface area contributed by atoms with Crippen LogP contribution in [0.15, 0.2) is 47.0 Å². The summed E-state index contributed by atoms with van der Waals surface area (Å²) < 4.78 is 18.7. The molecule has 2 heterocycles. The van der Waals surface area contributed by atoms with E-state index in [0.29, 0.717) is 43.6 Å². The molecule has 0 spiro atoms. The number of halogens is 2. The van der Waals surface area contributed by atoms with Crippen LogP contribution in [0, 0.1) is 5.82 Å². The first-order valence-electron chi connectivity index (χ1n) is 10.8. The van der Waals surface area contributed by atoms with E-state index in [2.05, 4.69) is 20.4 Å². The second kappa shape index (κ2) is 8.78. The smallest absolute Gasteiger partial charge is 0.321 e. The highest BCUT2D eigenvalue weighted by molar-refractivity contribution is 6.31. The minimum absolute atomic E-state index is 0.0175. The molecule has 1 aliphatic heterocycles. The summed E-state index contributed by atoms with van der Waals surface area (Å²) in [6.45, 7) is 2.59. The third-order valence-electron chi connectivity index (χ3n) is 6.12. The van der Waals surface area contributed by atoms with Gasteiger partial charge < -0.3 is 19.6 Å². The van der Waals surface area contributed by atoms with E-state index in [4.69, 9.17) is 16.1 Å². The fourth-order valence-corrected chi connectivity index (χ4v) is 4.12. The van der Waals surface area contributed by atoms with Crippen molar-refractivity contribution in [3.8, 4) is 11.4 Å². The molecule has 166 valence electrons. The van der Waals surface area contributed by atoms with Gasteiger partial charge in [0.25, 0.3) is 0 Å². The van der Waals surface area contributed by atoms with Crippen molar-refractivity contribution in [2.24, 2.45) is 0 Å². The van der Waals surface area contributed by atoms with Crippen molar-refractivity contribution in [3.63, 3.8) is 0 Å². The summed E-state index contributed by atoms with van der Waals surface area (Å²) in [5, 5.41) is 6.88. The number of hydrogen-bond acceptors (Lipinski definition) is 5. The second-order valence-corrected chi connectivity index (χ2v) is 8.57. The number of benzene rings is 2. The highest BCUT2D eigenvalue weighted by Gasteiger charge is 2.26. The van der Waals surface area contributed by atoms with Gasteiger partial charge in [-0.05, 0) is 55.3 Å². The Kier molecular flexibility index (Phi) is 5.70. The van der Waals surface area contributed by atoms with E-state index in [-0.39, 0.29) is 11.1 Å². The lowest BCUT2D eigenvalue weighted by atomic mass is 9.85. The lowest BCUT2D eigenvalue weighted by Crippen LogP contribution is -2.50. The highest BCUT2D eigenvalue weighted by atomic mass is 35.5. The maximum absolute atomic E-state index is 13.3. The molecule has 2 aromatic carbocycles. The predicted octanol–water partition coefficient (Wildman–Crippen LogP) is 5.15. The Morgan fingerprint density at radius 2 is 1.84 bits per heavy atom. The molecule has 32 heavy (non-hydrogen) atoms. The Morgan fingerprint density at radius 1 is 1.09 bits per heavy atom. The van der Waals surface area contributed by atoms with Crippen LogP contribution in [0.5, 0.6) is 0 Å². The van der Waals surface area contributed by atoms with Crippen LogP contribution in [0.4, 0.5) is 20.6 Å². The molecule has 5 rings (SSSR count). The van der Waals surface area contributed by atoms with Crippen LogP contribution >= 0.6 is 11.6 Å². The SMILES string of the molecule is O=C(Nc1ccc(F)c(Cl)c1)N1CCN(c2ccc(-c3noc(C4CCC4)n3)cc2)CC1. The van der Waals surface area contributed by atoms with Crippen molar-refractivity contribution in [1.82, 2.24) is 15.0 Å². The number of rotatable bonds is 4. The van der Waals surface area contributed by atoms with Crippen molar-refractivity contribution in [2.75, 3.05) is 36.4 Å². The molecular weight excluding hydrogens is 433 g/mol. The van der Waals surface area contributed by atoms with Gasteiger partial charge in [0, 0.05) is 49.0 Å². The number of nitrogens with zero attached hydrogens (tertiary/aromatic N) is 4. The maximum Gasteiger partial charge on any atom is 0.321 e. The van der Waals surface area contributed by atoms with Gasteiger partial charge in [0.2, 0.25) is 11.7 Å². The molecule has 3 aromatic rings. The van der Waals surface area contributed by atoms with Crippen LogP contribution in [-0.4, -0.2) is 47.3 Å². The van der Waals surface area contributed by atoms with E-state index >= 15 is 0 Å². The van der Waals surface area contributed by atoms with Crippen LogP contribution in [0.25, 0.3) is 11.4 Å². The van der Waals surface area contributed by atoms with Gasteiger partial charge in [0.15, 0.2) is 0 Å². The first-order chi connectivity index (χ1) is 15.6. The Balaban J connectivity index is 1.16. The maximum atomic E-state index is 13.3. The highest BCUT2D eigenvalue weighted by Crippen LogP contribution is 2.36. The van der Waals surface area contributed by atoms with E-state index in [0.717, 1.165) is 30.0 Å². The van der Waals surface area contributed by atoms with Crippen molar-refractivity contribution in [3.05, 3.63) is 59.2 Å². The first kappa shape index (κ1) is 20.8. The first-order valence-corrected chi connectivity index (χ1v) is 11.1. The van der Waals surface area contributed by atoms with Crippen molar-refractivity contribution in [1.29, 1.82) is 0 Å². The van der Waals surface area contributed by atoms with Gasteiger partial charge in [0.05, 0.1) is 5.02 Å². The molecule has 9 heteroatoms. The summed E-state index contributed by atoms with van der Waals surface area (Å²) in [6.07, 6.45) is 3.48. The fraction of sp³-hybridized carbons (Fsp3) is 0.348. The minimum Gasteiger partial charge on any atom is -0.368 e. The summed E-state index contributed by atoms with van der Waals surface area (Å²) in [5.74, 6) is 1.28. The third-order valence-corrected chi connectivity index (χ3v) is 6.41. The van der Waals surface area contributed by atoms with Crippen LogP contribution in [-0.2, 0) is 0 Å². The van der Waals surface area contributed by atoms with Gasteiger partial charge in [-0.1, -0.05) is 23.2 Å². The minimum atomic E-state index is -0.512. The monoisotopic (exact) mass is 455 g/mol. The van der Waals surface area contributed by atoms with Gasteiger partial charge in [-0.3, -0.25) is 0 Å². The van der Waals surface area contributed by atoms with Gasteiger partial charge in [-0.2, -0.15) is 4.98 Å². The van der Waals surface area contributed by atoms with E-state index < -0.39 is 5.82 Å². The summed E-state index contributed by atoms with van der Waals surface area (Å²) in [7, 11) is 0. The zero-order valence-corrected chi connectivity index (χ0v) is 18.2. The molecule has 0 unspecified atom stereocenters. The molecule has 0 atom stereocenters. The standard InChI is InChI=1S/C23H23ClFN5O2/c24-19-14-17(6-9-20(19)25)26-23(31)30-12-10-29(11-13-30)18-7-4-15(5-8-18)21-27-22(32-28-21)16-2-1-3-16/h4-9,14,16H,1-3,10-13H2,(H,26,31). The van der Waals surface area contributed by atoms with Crippen molar-refractivity contribution in [2.45, 2.75) is 25.2 Å². The molecule has 0 radical (unpaired) electrons. The molecule has 2 fully saturated rings. The Hall–Kier alpha value is -3.13. The Bertz CT molecular complexity index is 1110. The lowest BCUT2D eigenvalue weighted by Gasteiger charge is -2.36. The van der Waals surface area contributed by atoms with E-state index in [1.54, 1.807) is 4.90 Å². The number of urea groups is 1. The van der Waals surface area contributed by atoms with Gasteiger partial charge >= 0.3 is 6.03 Å². The lowest BCUT2D eigenvalue weighted by molar-refractivity contribution is 0.208. The largest absolute Gasteiger partial charge is 0.368 e. The number of aromatic nitrogens is 2. The molecule has 1 saturated carbocycles. The number of nitrogens with one attached hydrogen (secondary N) is 1. The summed E-state index contributed by atoms with van der Waals surface area (Å²) >= 11 is 5.78. The molecule has 1 aliphatic carbocycles. The zero-order valence-electron chi connectivity index (χ0n) is 17.4. The number of carbonyl (C=O) groups excluding carboxylic acids is 1. The average molecular weight is 456 g/mol. The third kappa shape index (κ3) is 4.27. The Morgan fingerprint density at radius 3 is 2.50 bits per heavy atom. The van der Waals surface area contributed by atoms with E-state index in [9.17, 15) is 9.18 Å². The molecule has 1 aromatic heterocycles.